The summed E-state index contributed by atoms with van der Waals surface area (Å²) in [6.45, 7) is 0.563. The number of carbonyl (C=O) groups is 1. The van der Waals surface area contributed by atoms with E-state index in [0.29, 0.717) is 18.3 Å². The van der Waals surface area contributed by atoms with Gasteiger partial charge >= 0.3 is 5.97 Å². The summed E-state index contributed by atoms with van der Waals surface area (Å²) in [5.41, 5.74) is 7.53. The summed E-state index contributed by atoms with van der Waals surface area (Å²) in [7, 11) is 0. The van der Waals surface area contributed by atoms with Gasteiger partial charge in [0.1, 0.15) is 0 Å². The van der Waals surface area contributed by atoms with Crippen LogP contribution >= 0.6 is 12.4 Å². The summed E-state index contributed by atoms with van der Waals surface area (Å²) in [5, 5.41) is 21.8. The SMILES string of the molecule is Cl.Nc1ccc(C(=O)O)cc1CN[C@H]1CC[C@H](O)CC1. The van der Waals surface area contributed by atoms with Crippen molar-refractivity contribution in [1.82, 2.24) is 5.32 Å². The number of carboxylic acid groups (broad SMARTS) is 1. The van der Waals surface area contributed by atoms with E-state index in [1.54, 1.807) is 12.1 Å². The van der Waals surface area contributed by atoms with Crippen molar-refractivity contribution in [3.05, 3.63) is 29.3 Å². The lowest BCUT2D eigenvalue weighted by molar-refractivity contribution is 0.0696. The lowest BCUT2D eigenvalue weighted by Crippen LogP contribution is -2.34. The summed E-state index contributed by atoms with van der Waals surface area (Å²) in [5.74, 6) is -0.943. The Morgan fingerprint density at radius 1 is 1.30 bits per heavy atom. The Bertz CT molecular complexity index is 460. The van der Waals surface area contributed by atoms with Crippen LogP contribution in [0.2, 0.25) is 0 Å². The van der Waals surface area contributed by atoms with Crippen molar-refractivity contribution in [2.75, 3.05) is 5.73 Å². The summed E-state index contributed by atoms with van der Waals surface area (Å²) in [6.07, 6.45) is 3.36. The van der Waals surface area contributed by atoms with Crippen LogP contribution in [-0.4, -0.2) is 28.3 Å². The second-order valence-corrected chi connectivity index (χ2v) is 5.11. The van der Waals surface area contributed by atoms with E-state index in [1.807, 2.05) is 0 Å². The fraction of sp³-hybridized carbons (Fsp3) is 0.500. The molecular formula is C14H21ClN2O3. The third-order valence-corrected chi connectivity index (χ3v) is 3.67. The van der Waals surface area contributed by atoms with Crippen LogP contribution in [0.25, 0.3) is 0 Å². The third-order valence-electron chi connectivity index (χ3n) is 3.67. The zero-order valence-electron chi connectivity index (χ0n) is 11.2. The van der Waals surface area contributed by atoms with Crippen LogP contribution in [0.1, 0.15) is 41.6 Å². The Morgan fingerprint density at radius 3 is 2.55 bits per heavy atom. The highest BCUT2D eigenvalue weighted by Crippen LogP contribution is 2.20. The molecule has 0 spiro atoms. The Hall–Kier alpha value is -1.30. The molecule has 0 amide bonds. The van der Waals surface area contributed by atoms with Crippen LogP contribution in [0.15, 0.2) is 18.2 Å². The number of aliphatic hydroxyl groups excluding tert-OH is 1. The highest BCUT2D eigenvalue weighted by Gasteiger charge is 2.19. The van der Waals surface area contributed by atoms with E-state index >= 15 is 0 Å². The van der Waals surface area contributed by atoms with Crippen LogP contribution in [0, 0.1) is 0 Å². The average molecular weight is 301 g/mol. The third kappa shape index (κ3) is 4.37. The van der Waals surface area contributed by atoms with Gasteiger partial charge in [-0.05, 0) is 49.4 Å². The smallest absolute Gasteiger partial charge is 0.335 e. The quantitative estimate of drug-likeness (QED) is 0.636. The molecule has 20 heavy (non-hydrogen) atoms. The molecule has 1 fully saturated rings. The van der Waals surface area contributed by atoms with Crippen molar-refractivity contribution >= 4 is 24.1 Å². The summed E-state index contributed by atoms with van der Waals surface area (Å²) in [4.78, 5) is 10.9. The van der Waals surface area contributed by atoms with Crippen LogP contribution in [0.5, 0.6) is 0 Å². The minimum Gasteiger partial charge on any atom is -0.478 e. The molecule has 0 atom stereocenters. The van der Waals surface area contributed by atoms with E-state index in [2.05, 4.69) is 5.32 Å². The normalized spacial score (nSPS) is 22.1. The van der Waals surface area contributed by atoms with Gasteiger partial charge in [0.25, 0.3) is 0 Å². The Morgan fingerprint density at radius 2 is 1.95 bits per heavy atom. The number of nitrogen functional groups attached to an aromatic ring is 1. The maximum absolute atomic E-state index is 10.9. The Kier molecular flexibility index (Phi) is 6.26. The van der Waals surface area contributed by atoms with E-state index in [4.69, 9.17) is 10.8 Å². The molecule has 0 heterocycles. The molecule has 1 aliphatic rings. The van der Waals surface area contributed by atoms with Crippen molar-refractivity contribution in [2.45, 2.75) is 44.4 Å². The van der Waals surface area contributed by atoms with Gasteiger partial charge in [0, 0.05) is 18.3 Å². The van der Waals surface area contributed by atoms with E-state index in [0.717, 1.165) is 31.2 Å². The molecule has 1 aromatic rings. The van der Waals surface area contributed by atoms with E-state index < -0.39 is 5.97 Å². The van der Waals surface area contributed by atoms with Crippen molar-refractivity contribution in [2.24, 2.45) is 0 Å². The Labute approximate surface area is 124 Å². The lowest BCUT2D eigenvalue weighted by Gasteiger charge is -2.26. The summed E-state index contributed by atoms with van der Waals surface area (Å²) < 4.78 is 0. The standard InChI is InChI=1S/C14H20N2O3.ClH/c15-13-6-1-9(14(18)19)7-10(13)8-16-11-2-4-12(17)5-3-11;/h1,6-7,11-12,16-17H,2-5,8,15H2,(H,18,19);1H/t11-,12-;. The Balaban J connectivity index is 0.00000200. The molecule has 6 heteroatoms. The first kappa shape index (κ1) is 16.8. The van der Waals surface area contributed by atoms with Gasteiger partial charge < -0.3 is 21.3 Å². The molecule has 1 saturated carbocycles. The molecule has 112 valence electrons. The zero-order valence-corrected chi connectivity index (χ0v) is 12.0. The fourth-order valence-corrected chi connectivity index (χ4v) is 2.43. The molecule has 1 aromatic carbocycles. The number of rotatable bonds is 4. The average Bonchev–Trinajstić information content (AvgIpc) is 2.39. The number of anilines is 1. The molecule has 5 N–H and O–H groups in total. The molecule has 2 rings (SSSR count). The highest BCUT2D eigenvalue weighted by atomic mass is 35.5. The molecule has 0 saturated heterocycles. The van der Waals surface area contributed by atoms with E-state index in [1.165, 1.54) is 6.07 Å². The van der Waals surface area contributed by atoms with E-state index in [-0.39, 0.29) is 24.1 Å². The lowest BCUT2D eigenvalue weighted by atomic mass is 9.93. The van der Waals surface area contributed by atoms with Gasteiger partial charge in [0.05, 0.1) is 11.7 Å². The van der Waals surface area contributed by atoms with Crippen LogP contribution in [0.3, 0.4) is 0 Å². The second-order valence-electron chi connectivity index (χ2n) is 5.11. The van der Waals surface area contributed by atoms with Crippen molar-refractivity contribution in [1.29, 1.82) is 0 Å². The number of hydrogen-bond acceptors (Lipinski definition) is 4. The predicted octanol–water partition coefficient (Wildman–Crippen LogP) is 1.78. The molecule has 0 aliphatic heterocycles. The van der Waals surface area contributed by atoms with Crippen molar-refractivity contribution < 1.29 is 15.0 Å². The van der Waals surface area contributed by atoms with Gasteiger partial charge in [-0.1, -0.05) is 0 Å². The van der Waals surface area contributed by atoms with Gasteiger partial charge in [-0.3, -0.25) is 0 Å². The summed E-state index contributed by atoms with van der Waals surface area (Å²) >= 11 is 0. The minimum atomic E-state index is -0.943. The van der Waals surface area contributed by atoms with Crippen LogP contribution in [0.4, 0.5) is 5.69 Å². The molecule has 0 unspecified atom stereocenters. The fourth-order valence-electron chi connectivity index (χ4n) is 2.43. The first-order chi connectivity index (χ1) is 9.06. The van der Waals surface area contributed by atoms with Gasteiger partial charge in [0.2, 0.25) is 0 Å². The van der Waals surface area contributed by atoms with Gasteiger partial charge in [-0.25, -0.2) is 4.79 Å². The second kappa shape index (κ2) is 7.47. The van der Waals surface area contributed by atoms with Gasteiger partial charge in [-0.15, -0.1) is 12.4 Å². The van der Waals surface area contributed by atoms with Crippen molar-refractivity contribution in [3.8, 4) is 0 Å². The maximum atomic E-state index is 10.9. The predicted molar refractivity (Wildman–Crippen MR) is 80.2 cm³/mol. The molecule has 0 aromatic heterocycles. The summed E-state index contributed by atoms with van der Waals surface area (Å²) in [6, 6.07) is 5.13. The number of nitrogens with one attached hydrogen (secondary N) is 1. The number of hydrogen-bond donors (Lipinski definition) is 4. The number of halogens is 1. The molecular weight excluding hydrogens is 280 g/mol. The molecule has 5 nitrogen and oxygen atoms in total. The van der Waals surface area contributed by atoms with Crippen LogP contribution in [-0.2, 0) is 6.54 Å². The first-order valence-corrected chi connectivity index (χ1v) is 6.59. The maximum Gasteiger partial charge on any atom is 0.335 e. The van der Waals surface area contributed by atoms with Gasteiger partial charge in [-0.2, -0.15) is 0 Å². The first-order valence-electron chi connectivity index (χ1n) is 6.59. The number of aromatic carboxylic acids is 1. The van der Waals surface area contributed by atoms with E-state index in [9.17, 15) is 9.90 Å². The molecule has 1 aliphatic carbocycles. The van der Waals surface area contributed by atoms with Crippen LogP contribution < -0.4 is 11.1 Å². The monoisotopic (exact) mass is 300 g/mol. The topological polar surface area (TPSA) is 95.6 Å². The molecule has 0 bridgehead atoms. The number of nitrogens with two attached hydrogens (primary N) is 1. The highest BCUT2D eigenvalue weighted by molar-refractivity contribution is 5.88. The van der Waals surface area contributed by atoms with Crippen molar-refractivity contribution in [3.63, 3.8) is 0 Å². The largest absolute Gasteiger partial charge is 0.478 e. The number of benzene rings is 1. The zero-order chi connectivity index (χ0) is 13.8. The number of aliphatic hydroxyl groups is 1. The number of carboxylic acids is 1. The molecule has 0 radical (unpaired) electrons. The minimum absolute atomic E-state index is 0. The van der Waals surface area contributed by atoms with Gasteiger partial charge in [0.15, 0.2) is 0 Å².